The lowest BCUT2D eigenvalue weighted by Crippen LogP contribution is -2.50. The lowest BCUT2D eigenvalue weighted by molar-refractivity contribution is -0.0519. The van der Waals surface area contributed by atoms with Crippen molar-refractivity contribution in [3.05, 3.63) is 24.3 Å². The highest BCUT2D eigenvalue weighted by molar-refractivity contribution is 5.25. The summed E-state index contributed by atoms with van der Waals surface area (Å²) in [4.78, 5) is 0. The molecule has 4 aliphatic rings. The summed E-state index contributed by atoms with van der Waals surface area (Å²) in [6.07, 6.45) is 20.9. The van der Waals surface area contributed by atoms with Gasteiger partial charge in [-0.3, -0.25) is 0 Å². The van der Waals surface area contributed by atoms with Crippen LogP contribution in [0.1, 0.15) is 112 Å². The molecule has 0 aliphatic heterocycles. The third-order valence-electron chi connectivity index (χ3n) is 11.3. The smallest absolute Gasteiger partial charge is 0.00851 e. The van der Waals surface area contributed by atoms with Crippen LogP contribution in [-0.2, 0) is 0 Å². The van der Waals surface area contributed by atoms with Gasteiger partial charge in [0.1, 0.15) is 0 Å². The molecule has 0 aromatic carbocycles. The Kier molecular flexibility index (Phi) is 6.88. The molecule has 0 nitrogen and oxygen atoms in total. The van der Waals surface area contributed by atoms with Crippen LogP contribution in [0.2, 0.25) is 0 Å². The Balaban J connectivity index is 1.51. The first-order chi connectivity index (χ1) is 14.7. The second-order valence-corrected chi connectivity index (χ2v) is 13.5. The molecule has 3 fully saturated rings. The Morgan fingerprint density at radius 2 is 1.77 bits per heavy atom. The summed E-state index contributed by atoms with van der Waals surface area (Å²) in [7, 11) is 0. The van der Waals surface area contributed by atoms with E-state index in [1.165, 1.54) is 70.6 Å². The molecule has 31 heavy (non-hydrogen) atoms. The fourth-order valence-electron chi connectivity index (χ4n) is 9.25. The van der Waals surface area contributed by atoms with Crippen LogP contribution < -0.4 is 0 Å². The van der Waals surface area contributed by atoms with E-state index in [0.717, 1.165) is 47.3 Å². The summed E-state index contributed by atoms with van der Waals surface area (Å²) in [6, 6.07) is 0. The van der Waals surface area contributed by atoms with Gasteiger partial charge in [-0.25, -0.2) is 0 Å². The lowest BCUT2D eigenvalue weighted by atomic mass is 9.46. The maximum atomic E-state index is 4.33. The molecule has 0 amide bonds. The molecule has 4 aliphatic carbocycles. The van der Waals surface area contributed by atoms with Gasteiger partial charge in [0.2, 0.25) is 0 Å². The molecule has 8 atom stereocenters. The van der Waals surface area contributed by atoms with Gasteiger partial charge in [-0.05, 0) is 116 Å². The summed E-state index contributed by atoms with van der Waals surface area (Å²) in [5.41, 5.74) is 2.95. The van der Waals surface area contributed by atoms with Crippen molar-refractivity contribution in [2.24, 2.45) is 58.2 Å². The third-order valence-corrected chi connectivity index (χ3v) is 11.3. The van der Waals surface area contributed by atoms with Crippen LogP contribution in [0.4, 0.5) is 0 Å². The zero-order valence-electron chi connectivity index (χ0n) is 21.8. The van der Waals surface area contributed by atoms with Crippen molar-refractivity contribution in [1.82, 2.24) is 0 Å². The number of rotatable bonds is 7. The molecule has 0 saturated heterocycles. The summed E-state index contributed by atoms with van der Waals surface area (Å²) in [5.74, 6) is 7.12. The molecule has 0 spiro atoms. The van der Waals surface area contributed by atoms with Crippen LogP contribution in [0, 0.1) is 58.2 Å². The van der Waals surface area contributed by atoms with Gasteiger partial charge in [0, 0.05) is 0 Å². The fraction of sp³-hybridized carbons (Fsp3) is 0.871. The maximum Gasteiger partial charge on any atom is -0.00851 e. The number of allylic oxidation sites excluding steroid dienone is 3. The topological polar surface area (TPSA) is 0 Å². The minimum absolute atomic E-state index is 0.517. The first kappa shape index (κ1) is 23.6. The van der Waals surface area contributed by atoms with E-state index in [4.69, 9.17) is 0 Å². The standard InChI is InChI=1S/C31H52/c1-8-23(11-9-10-21(2)3)27-14-15-28-26-13-12-25-20-24(22(4)5)16-18-30(25,6)29(26)17-19-31(27,28)7/h8,12,21-24,26-29H,1,9-11,13-20H2,2-7H3/t23-,24+,26?,27-,28+,29+,30+,31-/m1/s1. The Labute approximate surface area is 194 Å². The van der Waals surface area contributed by atoms with Gasteiger partial charge >= 0.3 is 0 Å². The van der Waals surface area contributed by atoms with Crippen molar-refractivity contribution in [3.8, 4) is 0 Å². The molecular weight excluding hydrogens is 372 g/mol. The summed E-state index contributed by atoms with van der Waals surface area (Å²) < 4.78 is 0. The Morgan fingerprint density at radius 1 is 1.00 bits per heavy atom. The van der Waals surface area contributed by atoms with Crippen LogP contribution in [0.3, 0.4) is 0 Å². The van der Waals surface area contributed by atoms with Gasteiger partial charge in [0.15, 0.2) is 0 Å². The zero-order valence-corrected chi connectivity index (χ0v) is 21.8. The molecule has 0 heteroatoms. The highest BCUT2D eigenvalue weighted by Gasteiger charge is 2.59. The molecule has 176 valence electrons. The van der Waals surface area contributed by atoms with Crippen LogP contribution in [0.25, 0.3) is 0 Å². The molecule has 0 radical (unpaired) electrons. The molecule has 0 N–H and O–H groups in total. The fourth-order valence-corrected chi connectivity index (χ4v) is 9.25. The highest BCUT2D eigenvalue weighted by atomic mass is 14.6. The second-order valence-electron chi connectivity index (χ2n) is 13.5. The average Bonchev–Trinajstić information content (AvgIpc) is 3.07. The van der Waals surface area contributed by atoms with E-state index >= 15 is 0 Å². The van der Waals surface area contributed by atoms with Crippen molar-refractivity contribution in [2.45, 2.75) is 112 Å². The number of fused-ring (bicyclic) bond motifs is 5. The molecular formula is C31H52. The van der Waals surface area contributed by atoms with E-state index in [9.17, 15) is 0 Å². The van der Waals surface area contributed by atoms with Gasteiger partial charge in [-0.1, -0.05) is 72.1 Å². The Morgan fingerprint density at radius 3 is 2.45 bits per heavy atom. The van der Waals surface area contributed by atoms with Crippen molar-refractivity contribution < 1.29 is 0 Å². The monoisotopic (exact) mass is 424 g/mol. The molecule has 1 unspecified atom stereocenters. The molecule has 0 bridgehead atoms. The quantitative estimate of drug-likeness (QED) is 0.357. The van der Waals surface area contributed by atoms with E-state index < -0.39 is 0 Å². The van der Waals surface area contributed by atoms with Crippen LogP contribution in [0.5, 0.6) is 0 Å². The average molecular weight is 425 g/mol. The molecule has 0 heterocycles. The minimum atomic E-state index is 0.517. The van der Waals surface area contributed by atoms with Crippen LogP contribution in [0.15, 0.2) is 24.3 Å². The van der Waals surface area contributed by atoms with Gasteiger partial charge in [0.25, 0.3) is 0 Å². The third kappa shape index (κ3) is 4.12. The van der Waals surface area contributed by atoms with Gasteiger partial charge in [-0.15, -0.1) is 6.58 Å². The van der Waals surface area contributed by atoms with Crippen molar-refractivity contribution in [3.63, 3.8) is 0 Å². The molecule has 0 aromatic rings. The summed E-state index contributed by atoms with van der Waals surface area (Å²) in [5, 5.41) is 0. The van der Waals surface area contributed by atoms with Crippen molar-refractivity contribution in [1.29, 1.82) is 0 Å². The Hall–Kier alpha value is -0.520. The predicted molar refractivity (Wildman–Crippen MR) is 136 cm³/mol. The van der Waals surface area contributed by atoms with Gasteiger partial charge < -0.3 is 0 Å². The van der Waals surface area contributed by atoms with E-state index in [1.54, 1.807) is 0 Å². The Bertz CT molecular complexity index is 668. The highest BCUT2D eigenvalue weighted by Crippen LogP contribution is 2.67. The first-order valence-electron chi connectivity index (χ1n) is 14.0. The second kappa shape index (κ2) is 9.02. The SMILES string of the molecule is C=C[C@H](CCCC(C)C)[C@H]1CC[C@H]2C3CC=C4C[C@@H](C(C)C)CC[C@]4(C)[C@H]3CC[C@]12C. The van der Waals surface area contributed by atoms with Crippen LogP contribution in [-0.4, -0.2) is 0 Å². The van der Waals surface area contributed by atoms with E-state index in [-0.39, 0.29) is 0 Å². The molecule has 0 aromatic heterocycles. The molecule has 4 rings (SSSR count). The van der Waals surface area contributed by atoms with E-state index in [2.05, 4.69) is 60.3 Å². The molecule has 3 saturated carbocycles. The van der Waals surface area contributed by atoms with Crippen molar-refractivity contribution >= 4 is 0 Å². The summed E-state index contributed by atoms with van der Waals surface area (Å²) >= 11 is 0. The van der Waals surface area contributed by atoms with E-state index in [1.807, 2.05) is 5.57 Å². The number of hydrogen-bond donors (Lipinski definition) is 0. The predicted octanol–water partition coefficient (Wildman–Crippen LogP) is 9.47. The van der Waals surface area contributed by atoms with Crippen molar-refractivity contribution in [2.75, 3.05) is 0 Å². The maximum absolute atomic E-state index is 4.33. The first-order valence-corrected chi connectivity index (χ1v) is 14.0. The normalized spacial score (nSPS) is 43.2. The number of hydrogen-bond acceptors (Lipinski definition) is 0. The lowest BCUT2D eigenvalue weighted by Gasteiger charge is -2.59. The van der Waals surface area contributed by atoms with E-state index in [0.29, 0.717) is 10.8 Å². The zero-order chi connectivity index (χ0) is 22.4. The van der Waals surface area contributed by atoms with Gasteiger partial charge in [0.05, 0.1) is 0 Å². The largest absolute Gasteiger partial charge is 0.103 e. The minimum Gasteiger partial charge on any atom is -0.103 e. The summed E-state index contributed by atoms with van der Waals surface area (Å²) in [6.45, 7) is 19.4. The van der Waals surface area contributed by atoms with Gasteiger partial charge in [-0.2, -0.15) is 0 Å². The van der Waals surface area contributed by atoms with Crippen LogP contribution >= 0.6 is 0 Å².